The summed E-state index contributed by atoms with van der Waals surface area (Å²) in [5.41, 5.74) is 1.03. The van der Waals surface area contributed by atoms with Gasteiger partial charge in [-0.2, -0.15) is 0 Å². The molecule has 1 aromatic rings. The van der Waals surface area contributed by atoms with Gasteiger partial charge in [-0.15, -0.1) is 0 Å². The summed E-state index contributed by atoms with van der Waals surface area (Å²) in [7, 11) is 0. The number of halogens is 1. The van der Waals surface area contributed by atoms with Gasteiger partial charge >= 0.3 is 5.97 Å². The van der Waals surface area contributed by atoms with Crippen molar-refractivity contribution in [2.45, 2.75) is 26.2 Å². The van der Waals surface area contributed by atoms with E-state index >= 15 is 0 Å². The van der Waals surface area contributed by atoms with Crippen LogP contribution in [0.1, 0.15) is 31.7 Å². The first-order valence-corrected chi connectivity index (χ1v) is 6.66. The number of ketones is 1. The summed E-state index contributed by atoms with van der Waals surface area (Å²) < 4.78 is 19.0. The van der Waals surface area contributed by atoms with Crippen LogP contribution in [0.2, 0.25) is 0 Å². The molecule has 20 heavy (non-hydrogen) atoms. The van der Waals surface area contributed by atoms with E-state index in [1.807, 2.05) is 0 Å². The second-order valence-corrected chi connectivity index (χ2v) is 4.92. The molecule has 2 unspecified atom stereocenters. The summed E-state index contributed by atoms with van der Waals surface area (Å²) in [6.07, 6.45) is 1.58. The van der Waals surface area contributed by atoms with E-state index < -0.39 is 23.6 Å². The van der Waals surface area contributed by atoms with Crippen LogP contribution in [0.15, 0.2) is 35.9 Å². The van der Waals surface area contributed by atoms with Crippen molar-refractivity contribution in [1.29, 1.82) is 0 Å². The van der Waals surface area contributed by atoms with E-state index in [1.165, 1.54) is 12.1 Å². The Labute approximate surface area is 117 Å². The monoisotopic (exact) mass is 276 g/mol. The van der Waals surface area contributed by atoms with Gasteiger partial charge in [0.1, 0.15) is 5.82 Å². The topological polar surface area (TPSA) is 43.4 Å². The molecule has 1 aliphatic carbocycles. The molecule has 4 heteroatoms. The second-order valence-electron chi connectivity index (χ2n) is 4.92. The van der Waals surface area contributed by atoms with Crippen LogP contribution in [-0.2, 0) is 14.3 Å². The summed E-state index contributed by atoms with van der Waals surface area (Å²) in [5, 5.41) is 0. The molecule has 0 bridgehead atoms. The number of carbonyl (C=O) groups is 2. The molecule has 0 saturated heterocycles. The molecule has 1 aromatic carbocycles. The molecule has 0 fully saturated rings. The molecule has 0 heterocycles. The molecule has 2 atom stereocenters. The van der Waals surface area contributed by atoms with Crippen LogP contribution in [-0.4, -0.2) is 18.4 Å². The molecule has 1 aliphatic rings. The largest absolute Gasteiger partial charge is 0.466 e. The zero-order chi connectivity index (χ0) is 14.7. The average Bonchev–Trinajstić information content (AvgIpc) is 2.38. The van der Waals surface area contributed by atoms with Crippen molar-refractivity contribution in [2.75, 3.05) is 6.61 Å². The van der Waals surface area contributed by atoms with E-state index in [-0.39, 0.29) is 18.8 Å². The minimum absolute atomic E-state index is 0.0868. The zero-order valence-electron chi connectivity index (χ0n) is 11.6. The first-order valence-electron chi connectivity index (χ1n) is 6.66. The highest BCUT2D eigenvalue weighted by molar-refractivity contribution is 5.95. The van der Waals surface area contributed by atoms with Gasteiger partial charge in [0.05, 0.1) is 12.5 Å². The van der Waals surface area contributed by atoms with E-state index in [1.54, 1.807) is 32.0 Å². The van der Waals surface area contributed by atoms with Crippen LogP contribution in [0, 0.1) is 11.7 Å². The van der Waals surface area contributed by atoms with Crippen molar-refractivity contribution in [2.24, 2.45) is 5.92 Å². The summed E-state index contributed by atoms with van der Waals surface area (Å²) in [6.45, 7) is 3.70. The summed E-state index contributed by atoms with van der Waals surface area (Å²) >= 11 is 0. The standard InChI is InChI=1S/C16H17FO3/c1-3-20-16(19)15-10(2)8-11(18)9-13(15)12-6-4-5-7-14(12)17/h4-8,13,15H,3,9H2,1-2H3. The number of benzene rings is 1. The third-order valence-corrected chi connectivity index (χ3v) is 3.55. The summed E-state index contributed by atoms with van der Waals surface area (Å²) in [6, 6.07) is 6.26. The fourth-order valence-electron chi connectivity index (χ4n) is 2.70. The molecule has 106 valence electrons. The maximum Gasteiger partial charge on any atom is 0.313 e. The fraction of sp³-hybridized carbons (Fsp3) is 0.375. The fourth-order valence-corrected chi connectivity index (χ4v) is 2.70. The van der Waals surface area contributed by atoms with Gasteiger partial charge < -0.3 is 4.74 Å². The minimum Gasteiger partial charge on any atom is -0.466 e. The van der Waals surface area contributed by atoms with Gasteiger partial charge in [-0.1, -0.05) is 23.8 Å². The Hall–Kier alpha value is -1.97. The summed E-state index contributed by atoms with van der Waals surface area (Å²) in [5.74, 6) is -1.97. The number of esters is 1. The lowest BCUT2D eigenvalue weighted by molar-refractivity contribution is -0.147. The predicted octanol–water partition coefficient (Wildman–Crippen LogP) is 3.01. The molecule has 0 aliphatic heterocycles. The Morgan fingerprint density at radius 1 is 1.40 bits per heavy atom. The lowest BCUT2D eigenvalue weighted by Gasteiger charge is -2.29. The first-order chi connectivity index (χ1) is 9.54. The lowest BCUT2D eigenvalue weighted by atomic mass is 9.74. The van der Waals surface area contributed by atoms with E-state index in [9.17, 15) is 14.0 Å². The van der Waals surface area contributed by atoms with Crippen molar-refractivity contribution >= 4 is 11.8 Å². The Bertz CT molecular complexity index is 563. The van der Waals surface area contributed by atoms with Crippen molar-refractivity contribution in [3.8, 4) is 0 Å². The van der Waals surface area contributed by atoms with E-state index in [2.05, 4.69) is 0 Å². The van der Waals surface area contributed by atoms with Crippen LogP contribution >= 0.6 is 0 Å². The maximum atomic E-state index is 14.0. The van der Waals surface area contributed by atoms with Gasteiger partial charge in [0.2, 0.25) is 0 Å². The molecular formula is C16H17FO3. The van der Waals surface area contributed by atoms with Crippen molar-refractivity contribution in [1.82, 2.24) is 0 Å². The Morgan fingerprint density at radius 3 is 2.75 bits per heavy atom. The molecule has 3 nitrogen and oxygen atoms in total. The Morgan fingerprint density at radius 2 is 2.10 bits per heavy atom. The highest BCUT2D eigenvalue weighted by atomic mass is 19.1. The number of hydrogen-bond donors (Lipinski definition) is 0. The molecule has 0 amide bonds. The van der Waals surface area contributed by atoms with Crippen molar-refractivity contribution in [3.05, 3.63) is 47.3 Å². The molecule has 0 radical (unpaired) electrons. The van der Waals surface area contributed by atoms with E-state index in [0.29, 0.717) is 11.1 Å². The van der Waals surface area contributed by atoms with Gasteiger partial charge in [-0.25, -0.2) is 4.39 Å². The van der Waals surface area contributed by atoms with Crippen LogP contribution in [0.5, 0.6) is 0 Å². The molecule has 0 saturated carbocycles. The smallest absolute Gasteiger partial charge is 0.313 e. The van der Waals surface area contributed by atoms with Gasteiger partial charge in [0.25, 0.3) is 0 Å². The Balaban J connectivity index is 2.43. The molecular weight excluding hydrogens is 259 g/mol. The van der Waals surface area contributed by atoms with Gasteiger partial charge in [-0.3, -0.25) is 9.59 Å². The molecule has 0 aromatic heterocycles. The highest BCUT2D eigenvalue weighted by Crippen LogP contribution is 2.38. The third kappa shape index (κ3) is 2.79. The quantitative estimate of drug-likeness (QED) is 0.797. The minimum atomic E-state index is -0.593. The van der Waals surface area contributed by atoms with Crippen molar-refractivity contribution < 1.29 is 18.7 Å². The maximum absolute atomic E-state index is 14.0. The van der Waals surface area contributed by atoms with Crippen LogP contribution in [0.4, 0.5) is 4.39 Å². The van der Waals surface area contributed by atoms with Crippen molar-refractivity contribution in [3.63, 3.8) is 0 Å². The summed E-state index contributed by atoms with van der Waals surface area (Å²) in [4.78, 5) is 23.9. The first kappa shape index (κ1) is 14.4. The highest BCUT2D eigenvalue weighted by Gasteiger charge is 2.37. The van der Waals surface area contributed by atoms with E-state index in [4.69, 9.17) is 4.74 Å². The van der Waals surface area contributed by atoms with Gasteiger partial charge in [0.15, 0.2) is 5.78 Å². The van der Waals surface area contributed by atoms with Gasteiger partial charge in [-0.05, 0) is 31.6 Å². The number of carbonyl (C=O) groups excluding carboxylic acids is 2. The Kier molecular flexibility index (Phi) is 4.32. The predicted molar refractivity (Wildman–Crippen MR) is 72.6 cm³/mol. The number of allylic oxidation sites excluding steroid dienone is 1. The van der Waals surface area contributed by atoms with E-state index in [0.717, 1.165) is 0 Å². The lowest BCUT2D eigenvalue weighted by Crippen LogP contribution is -2.31. The number of hydrogen-bond acceptors (Lipinski definition) is 3. The normalized spacial score (nSPS) is 22.4. The van der Waals surface area contributed by atoms with Gasteiger partial charge in [0, 0.05) is 12.3 Å². The second kappa shape index (κ2) is 5.99. The average molecular weight is 276 g/mol. The number of ether oxygens (including phenoxy) is 1. The SMILES string of the molecule is CCOC(=O)C1C(C)=CC(=O)CC1c1ccccc1F. The third-order valence-electron chi connectivity index (χ3n) is 3.55. The van der Waals surface area contributed by atoms with Crippen LogP contribution in [0.3, 0.4) is 0 Å². The molecule has 0 N–H and O–H groups in total. The van der Waals surface area contributed by atoms with Crippen LogP contribution < -0.4 is 0 Å². The van der Waals surface area contributed by atoms with Crippen LogP contribution in [0.25, 0.3) is 0 Å². The molecule has 2 rings (SSSR count). The number of rotatable bonds is 3. The zero-order valence-corrected chi connectivity index (χ0v) is 11.6. The molecule has 0 spiro atoms.